The fourth-order valence-corrected chi connectivity index (χ4v) is 2.70. The summed E-state index contributed by atoms with van der Waals surface area (Å²) < 4.78 is 6.67. The van der Waals surface area contributed by atoms with E-state index in [1.807, 2.05) is 12.1 Å². The summed E-state index contributed by atoms with van der Waals surface area (Å²) in [7, 11) is 1.72. The molecule has 0 saturated heterocycles. The third-order valence-corrected chi connectivity index (χ3v) is 4.45. The Morgan fingerprint density at radius 2 is 1.95 bits per heavy atom. The molecule has 2 aromatic rings. The Balaban J connectivity index is 2.44. The summed E-state index contributed by atoms with van der Waals surface area (Å²) in [6, 6.07) is 14.9. The zero-order chi connectivity index (χ0) is 15.2. The smallest absolute Gasteiger partial charge is 0.123 e. The van der Waals surface area contributed by atoms with Crippen molar-refractivity contribution in [3.63, 3.8) is 0 Å². The van der Waals surface area contributed by atoms with Crippen molar-refractivity contribution in [1.29, 1.82) is 0 Å². The zero-order valence-corrected chi connectivity index (χ0v) is 14.4. The highest BCUT2D eigenvalue weighted by Gasteiger charge is 2.17. The highest BCUT2D eigenvalue weighted by Crippen LogP contribution is 2.31. The molecule has 1 N–H and O–H groups in total. The Bertz CT molecular complexity index is 598. The van der Waals surface area contributed by atoms with E-state index in [4.69, 9.17) is 4.74 Å². The molecule has 2 nitrogen and oxygen atoms in total. The maximum Gasteiger partial charge on any atom is 0.123 e. The van der Waals surface area contributed by atoms with Crippen LogP contribution in [0.5, 0.6) is 5.75 Å². The van der Waals surface area contributed by atoms with Crippen LogP contribution in [0.1, 0.15) is 36.1 Å². The monoisotopic (exact) mass is 347 g/mol. The molecule has 0 aliphatic rings. The first-order valence-electron chi connectivity index (χ1n) is 7.29. The van der Waals surface area contributed by atoms with Crippen molar-refractivity contribution in [3.8, 4) is 5.75 Å². The van der Waals surface area contributed by atoms with Gasteiger partial charge in [-0.3, -0.25) is 0 Å². The number of halogens is 1. The highest BCUT2D eigenvalue weighted by atomic mass is 79.9. The average molecular weight is 348 g/mol. The van der Waals surface area contributed by atoms with E-state index in [9.17, 15) is 0 Å². The second kappa shape index (κ2) is 7.62. The van der Waals surface area contributed by atoms with Crippen molar-refractivity contribution < 1.29 is 4.74 Å². The molecule has 0 bridgehead atoms. The molecule has 0 amide bonds. The summed E-state index contributed by atoms with van der Waals surface area (Å²) in [6.45, 7) is 5.27. The van der Waals surface area contributed by atoms with Gasteiger partial charge < -0.3 is 10.1 Å². The molecule has 1 unspecified atom stereocenters. The Hall–Kier alpha value is -1.32. The van der Waals surface area contributed by atoms with E-state index in [2.05, 4.69) is 65.4 Å². The van der Waals surface area contributed by atoms with Crippen LogP contribution in [0.2, 0.25) is 0 Å². The lowest BCUT2D eigenvalue weighted by Gasteiger charge is -2.22. The Kier molecular flexibility index (Phi) is 5.83. The fraction of sp³-hybridized carbons (Fsp3) is 0.333. The van der Waals surface area contributed by atoms with Gasteiger partial charge in [0.15, 0.2) is 0 Å². The van der Waals surface area contributed by atoms with Crippen LogP contribution in [0.4, 0.5) is 0 Å². The largest absolute Gasteiger partial charge is 0.496 e. The quantitative estimate of drug-likeness (QED) is 0.805. The van der Waals surface area contributed by atoms with E-state index in [-0.39, 0.29) is 6.04 Å². The minimum Gasteiger partial charge on any atom is -0.496 e. The van der Waals surface area contributed by atoms with Crippen molar-refractivity contribution in [1.82, 2.24) is 5.32 Å². The Labute approximate surface area is 135 Å². The van der Waals surface area contributed by atoms with Crippen LogP contribution in [0, 0.1) is 6.92 Å². The molecule has 0 fully saturated rings. The maximum atomic E-state index is 5.53. The van der Waals surface area contributed by atoms with E-state index < -0.39 is 0 Å². The summed E-state index contributed by atoms with van der Waals surface area (Å²) in [5.74, 6) is 0.923. The summed E-state index contributed by atoms with van der Waals surface area (Å²) >= 11 is 3.57. The molecule has 0 spiro atoms. The van der Waals surface area contributed by atoms with Gasteiger partial charge in [-0.05, 0) is 43.1 Å². The number of para-hydroxylation sites is 1. The van der Waals surface area contributed by atoms with E-state index in [1.54, 1.807) is 7.11 Å². The second-order valence-electron chi connectivity index (χ2n) is 5.14. The minimum atomic E-state index is 0.146. The number of hydrogen-bond donors (Lipinski definition) is 1. The fourth-order valence-electron chi connectivity index (χ4n) is 2.45. The van der Waals surface area contributed by atoms with Crippen LogP contribution >= 0.6 is 15.9 Å². The van der Waals surface area contributed by atoms with Crippen LogP contribution in [0.15, 0.2) is 46.9 Å². The molecule has 3 heteroatoms. The number of rotatable bonds is 6. The van der Waals surface area contributed by atoms with Gasteiger partial charge in [-0.25, -0.2) is 0 Å². The zero-order valence-electron chi connectivity index (χ0n) is 12.8. The lowest BCUT2D eigenvalue weighted by atomic mass is 9.96. The molecule has 0 heterocycles. The average Bonchev–Trinajstić information content (AvgIpc) is 2.51. The molecule has 0 aromatic heterocycles. The van der Waals surface area contributed by atoms with E-state index in [0.29, 0.717) is 0 Å². The maximum absolute atomic E-state index is 5.53. The van der Waals surface area contributed by atoms with Gasteiger partial charge in [0.2, 0.25) is 0 Å². The van der Waals surface area contributed by atoms with Gasteiger partial charge in [-0.1, -0.05) is 53.2 Å². The van der Waals surface area contributed by atoms with Gasteiger partial charge in [0.25, 0.3) is 0 Å². The second-order valence-corrected chi connectivity index (χ2v) is 5.99. The van der Waals surface area contributed by atoms with Crippen LogP contribution < -0.4 is 10.1 Å². The molecule has 0 saturated carbocycles. The van der Waals surface area contributed by atoms with Crippen LogP contribution in [0.25, 0.3) is 0 Å². The van der Waals surface area contributed by atoms with Crippen LogP contribution in [-0.4, -0.2) is 13.7 Å². The number of nitrogens with one attached hydrogen (secondary N) is 1. The molecule has 2 aromatic carbocycles. The van der Waals surface area contributed by atoms with Crippen molar-refractivity contribution in [2.45, 2.75) is 26.3 Å². The first-order chi connectivity index (χ1) is 10.2. The van der Waals surface area contributed by atoms with Gasteiger partial charge in [-0.15, -0.1) is 0 Å². The molecular formula is C18H22BrNO. The summed E-state index contributed by atoms with van der Waals surface area (Å²) in [5, 5.41) is 3.63. The van der Waals surface area contributed by atoms with E-state index in [1.165, 1.54) is 16.7 Å². The third-order valence-electron chi connectivity index (χ3n) is 3.56. The lowest BCUT2D eigenvalue weighted by molar-refractivity contribution is 0.404. The van der Waals surface area contributed by atoms with Gasteiger partial charge in [0.05, 0.1) is 13.2 Å². The first-order valence-corrected chi connectivity index (χ1v) is 8.09. The number of aryl methyl sites for hydroxylation is 1. The first kappa shape index (κ1) is 16.1. The molecule has 21 heavy (non-hydrogen) atoms. The number of ether oxygens (including phenoxy) is 1. The summed E-state index contributed by atoms with van der Waals surface area (Å²) in [6.07, 6.45) is 1.10. The van der Waals surface area contributed by atoms with Gasteiger partial charge >= 0.3 is 0 Å². The third kappa shape index (κ3) is 3.86. The molecule has 2 rings (SSSR count). The molecule has 0 aliphatic carbocycles. The van der Waals surface area contributed by atoms with Crippen molar-refractivity contribution in [2.75, 3.05) is 13.7 Å². The molecule has 0 aliphatic heterocycles. The van der Waals surface area contributed by atoms with E-state index in [0.717, 1.165) is 23.2 Å². The Morgan fingerprint density at radius 3 is 2.62 bits per heavy atom. The number of methoxy groups -OCH3 is 1. The molecule has 0 radical (unpaired) electrons. The molecular weight excluding hydrogens is 326 g/mol. The summed E-state index contributed by atoms with van der Waals surface area (Å²) in [4.78, 5) is 0. The van der Waals surface area contributed by atoms with Gasteiger partial charge in [0.1, 0.15) is 5.75 Å². The van der Waals surface area contributed by atoms with Crippen molar-refractivity contribution in [3.05, 3.63) is 63.6 Å². The minimum absolute atomic E-state index is 0.146. The normalized spacial score (nSPS) is 12.2. The van der Waals surface area contributed by atoms with Crippen molar-refractivity contribution in [2.24, 2.45) is 0 Å². The lowest BCUT2D eigenvalue weighted by Crippen LogP contribution is -2.23. The van der Waals surface area contributed by atoms with E-state index >= 15 is 0 Å². The van der Waals surface area contributed by atoms with Crippen molar-refractivity contribution >= 4 is 15.9 Å². The molecule has 1 atom stereocenters. The highest BCUT2D eigenvalue weighted by molar-refractivity contribution is 9.10. The topological polar surface area (TPSA) is 21.3 Å². The number of benzene rings is 2. The predicted molar refractivity (Wildman–Crippen MR) is 92.0 cm³/mol. The summed E-state index contributed by atoms with van der Waals surface area (Å²) in [5.41, 5.74) is 3.68. The van der Waals surface area contributed by atoms with Crippen LogP contribution in [-0.2, 0) is 0 Å². The van der Waals surface area contributed by atoms with Gasteiger partial charge in [-0.2, -0.15) is 0 Å². The Morgan fingerprint density at radius 1 is 1.19 bits per heavy atom. The molecule has 112 valence electrons. The van der Waals surface area contributed by atoms with Gasteiger partial charge in [0, 0.05) is 10.0 Å². The SMILES string of the molecule is CCCNC(c1ccc(Br)c(C)c1)c1ccccc1OC. The predicted octanol–water partition coefficient (Wildman–Crippen LogP) is 4.86. The van der Waals surface area contributed by atoms with Crippen LogP contribution in [0.3, 0.4) is 0 Å². The number of hydrogen-bond acceptors (Lipinski definition) is 2. The standard InChI is InChI=1S/C18H22BrNO/c1-4-11-20-18(14-9-10-16(19)13(2)12-14)15-7-5-6-8-17(15)21-3/h5-10,12,18,20H,4,11H2,1-3H3.